The summed E-state index contributed by atoms with van der Waals surface area (Å²) in [6.45, 7) is 5.39. The van der Waals surface area contributed by atoms with Crippen LogP contribution < -0.4 is 0 Å². The summed E-state index contributed by atoms with van der Waals surface area (Å²) >= 11 is 6.77. The Hall–Kier alpha value is -2.39. The van der Waals surface area contributed by atoms with Crippen molar-refractivity contribution in [3.05, 3.63) is 65.0 Å². The fourth-order valence-electron chi connectivity index (χ4n) is 3.12. The van der Waals surface area contributed by atoms with E-state index in [1.807, 2.05) is 13.8 Å². The maximum Gasteiger partial charge on any atom is 0.340 e. The SMILES string of the molecule is COC(=O)c1cc(C(Br)Br)cnc1C1=NC(C)(C(C)C)C(=O)N1C(=O)c1ccccc1. The number of hydrogen-bond donors (Lipinski definition) is 0. The summed E-state index contributed by atoms with van der Waals surface area (Å²) in [6.07, 6.45) is 1.54. The van der Waals surface area contributed by atoms with Crippen LogP contribution in [0.4, 0.5) is 0 Å². The number of aliphatic imine (C=N–C) groups is 1. The average molecular weight is 551 g/mol. The number of benzene rings is 1. The molecule has 1 aromatic heterocycles. The van der Waals surface area contributed by atoms with Crippen LogP contribution in [0, 0.1) is 5.92 Å². The first-order chi connectivity index (χ1) is 14.6. The van der Waals surface area contributed by atoms with E-state index in [2.05, 4.69) is 41.8 Å². The van der Waals surface area contributed by atoms with Gasteiger partial charge in [-0.1, -0.05) is 63.9 Å². The summed E-state index contributed by atoms with van der Waals surface area (Å²) in [4.78, 5) is 49.4. The number of alkyl halides is 2. The van der Waals surface area contributed by atoms with Crippen molar-refractivity contribution in [1.29, 1.82) is 0 Å². The highest BCUT2D eigenvalue weighted by Gasteiger charge is 2.50. The largest absolute Gasteiger partial charge is 0.465 e. The number of methoxy groups -OCH3 is 1. The lowest BCUT2D eigenvalue weighted by Crippen LogP contribution is -2.47. The van der Waals surface area contributed by atoms with E-state index >= 15 is 0 Å². The number of carbonyl (C=O) groups is 3. The monoisotopic (exact) mass is 549 g/mol. The van der Waals surface area contributed by atoms with Crippen molar-refractivity contribution < 1.29 is 19.1 Å². The second-order valence-corrected chi connectivity index (χ2v) is 10.6. The van der Waals surface area contributed by atoms with E-state index in [1.54, 1.807) is 49.5 Å². The van der Waals surface area contributed by atoms with Gasteiger partial charge in [-0.3, -0.25) is 14.6 Å². The van der Waals surface area contributed by atoms with Crippen molar-refractivity contribution in [2.45, 2.75) is 30.0 Å². The molecule has 7 nitrogen and oxygen atoms in total. The molecule has 2 amide bonds. The molecule has 1 unspecified atom stereocenters. The van der Waals surface area contributed by atoms with Gasteiger partial charge in [-0.25, -0.2) is 14.7 Å². The third-order valence-electron chi connectivity index (χ3n) is 5.31. The van der Waals surface area contributed by atoms with Crippen LogP contribution in [0.1, 0.15) is 56.5 Å². The summed E-state index contributed by atoms with van der Waals surface area (Å²) < 4.78 is 4.68. The summed E-state index contributed by atoms with van der Waals surface area (Å²) in [5, 5.41) is 0. The summed E-state index contributed by atoms with van der Waals surface area (Å²) in [7, 11) is 1.26. The number of esters is 1. The normalized spacial score (nSPS) is 18.5. The fourth-order valence-corrected chi connectivity index (χ4v) is 3.62. The Balaban J connectivity index is 2.23. The Morgan fingerprint density at radius 1 is 1.16 bits per heavy atom. The molecule has 2 aromatic rings. The zero-order chi connectivity index (χ0) is 22.9. The molecule has 0 bridgehead atoms. The first-order valence-corrected chi connectivity index (χ1v) is 11.4. The van der Waals surface area contributed by atoms with Gasteiger partial charge in [0, 0.05) is 11.8 Å². The van der Waals surface area contributed by atoms with E-state index < -0.39 is 23.3 Å². The van der Waals surface area contributed by atoms with Crippen LogP contribution in [-0.4, -0.2) is 46.2 Å². The lowest BCUT2D eigenvalue weighted by Gasteiger charge is -2.25. The fraction of sp³-hybridized carbons (Fsp3) is 0.318. The molecule has 31 heavy (non-hydrogen) atoms. The number of rotatable bonds is 5. The van der Waals surface area contributed by atoms with Crippen molar-refractivity contribution in [1.82, 2.24) is 9.88 Å². The van der Waals surface area contributed by atoms with Crippen molar-refractivity contribution in [2.24, 2.45) is 10.9 Å². The number of ether oxygens (including phenoxy) is 1. The molecule has 0 saturated heterocycles. The molecule has 1 aromatic carbocycles. The Bertz CT molecular complexity index is 1070. The van der Waals surface area contributed by atoms with Gasteiger partial charge in [-0.15, -0.1) is 0 Å². The highest BCUT2D eigenvalue weighted by Crippen LogP contribution is 2.35. The van der Waals surface area contributed by atoms with E-state index in [0.717, 1.165) is 4.90 Å². The minimum atomic E-state index is -1.18. The summed E-state index contributed by atoms with van der Waals surface area (Å²) in [6, 6.07) is 10.0. The minimum Gasteiger partial charge on any atom is -0.465 e. The van der Waals surface area contributed by atoms with E-state index in [1.165, 1.54) is 7.11 Å². The number of nitrogens with zero attached hydrogens (tertiary/aromatic N) is 3. The van der Waals surface area contributed by atoms with Crippen molar-refractivity contribution in [3.8, 4) is 0 Å². The van der Waals surface area contributed by atoms with E-state index in [9.17, 15) is 14.4 Å². The highest BCUT2D eigenvalue weighted by molar-refractivity contribution is 9.24. The number of amidine groups is 1. The van der Waals surface area contributed by atoms with Crippen molar-refractivity contribution >= 4 is 55.5 Å². The van der Waals surface area contributed by atoms with E-state index in [0.29, 0.717) is 11.1 Å². The third-order valence-corrected chi connectivity index (χ3v) is 6.37. The van der Waals surface area contributed by atoms with Crippen molar-refractivity contribution in [3.63, 3.8) is 0 Å². The topological polar surface area (TPSA) is 88.9 Å². The first-order valence-electron chi connectivity index (χ1n) is 9.52. The molecule has 1 aliphatic rings. The van der Waals surface area contributed by atoms with Crippen LogP contribution in [-0.2, 0) is 9.53 Å². The highest BCUT2D eigenvalue weighted by atomic mass is 79.9. The van der Waals surface area contributed by atoms with Crippen LogP contribution in [0.15, 0.2) is 47.6 Å². The van der Waals surface area contributed by atoms with Gasteiger partial charge in [0.15, 0.2) is 5.84 Å². The van der Waals surface area contributed by atoms with Gasteiger partial charge in [0.05, 0.1) is 16.4 Å². The molecule has 3 rings (SSSR count). The number of amides is 2. The zero-order valence-corrected chi connectivity index (χ0v) is 20.6. The average Bonchev–Trinajstić information content (AvgIpc) is 3.04. The second kappa shape index (κ2) is 9.00. The maximum atomic E-state index is 13.4. The van der Waals surface area contributed by atoms with Gasteiger partial charge in [0.25, 0.3) is 11.8 Å². The molecule has 1 aliphatic heterocycles. The van der Waals surface area contributed by atoms with Gasteiger partial charge in [0.1, 0.15) is 11.2 Å². The minimum absolute atomic E-state index is 0.0303. The molecule has 2 heterocycles. The Morgan fingerprint density at radius 2 is 1.81 bits per heavy atom. The predicted octanol–water partition coefficient (Wildman–Crippen LogP) is 4.50. The number of halogens is 2. The summed E-state index contributed by atoms with van der Waals surface area (Å²) in [5.74, 6) is -1.81. The molecular formula is C22H21Br2N3O4. The van der Waals surface area contributed by atoms with Gasteiger partial charge in [-0.2, -0.15) is 0 Å². The number of carbonyl (C=O) groups excluding carboxylic acids is 3. The Kier molecular flexibility index (Phi) is 6.76. The third kappa shape index (κ3) is 4.21. The number of aromatic nitrogens is 1. The molecule has 1 atom stereocenters. The summed E-state index contributed by atoms with van der Waals surface area (Å²) in [5.41, 5.74) is 0.0314. The maximum absolute atomic E-state index is 13.4. The number of hydrogen-bond acceptors (Lipinski definition) is 6. The van der Waals surface area contributed by atoms with Gasteiger partial charge in [0.2, 0.25) is 0 Å². The Morgan fingerprint density at radius 3 is 2.35 bits per heavy atom. The van der Waals surface area contributed by atoms with Crippen LogP contribution in [0.25, 0.3) is 0 Å². The van der Waals surface area contributed by atoms with Gasteiger partial charge in [-0.05, 0) is 36.6 Å². The van der Waals surface area contributed by atoms with Crippen LogP contribution in [0.2, 0.25) is 0 Å². The standard InChI is InChI=1S/C22H21Br2N3O4/c1-12(2)22(3)21(30)27(19(28)13-8-6-5-7-9-13)18(26-22)16-15(20(29)31-4)10-14(11-25-16)17(23)24/h5-12,17H,1-4H3. The number of imide groups is 1. The van der Waals surface area contributed by atoms with Crippen LogP contribution >= 0.6 is 31.9 Å². The lowest BCUT2D eigenvalue weighted by atomic mass is 9.88. The van der Waals surface area contributed by atoms with Gasteiger partial charge < -0.3 is 4.74 Å². The predicted molar refractivity (Wildman–Crippen MR) is 124 cm³/mol. The van der Waals surface area contributed by atoms with E-state index in [-0.39, 0.29) is 26.7 Å². The van der Waals surface area contributed by atoms with Crippen LogP contribution in [0.5, 0.6) is 0 Å². The second-order valence-electron chi connectivity index (χ2n) is 7.51. The lowest BCUT2D eigenvalue weighted by molar-refractivity contribution is -0.130. The van der Waals surface area contributed by atoms with Crippen molar-refractivity contribution in [2.75, 3.05) is 7.11 Å². The van der Waals surface area contributed by atoms with Crippen LogP contribution in [0.3, 0.4) is 0 Å². The molecule has 0 fully saturated rings. The molecule has 0 aliphatic carbocycles. The molecular weight excluding hydrogens is 530 g/mol. The quantitative estimate of drug-likeness (QED) is 0.310. The van der Waals surface area contributed by atoms with Gasteiger partial charge >= 0.3 is 5.97 Å². The number of pyridine rings is 1. The molecule has 9 heteroatoms. The first kappa shape index (κ1) is 23.3. The zero-order valence-electron chi connectivity index (χ0n) is 17.4. The smallest absolute Gasteiger partial charge is 0.340 e. The Labute approximate surface area is 197 Å². The molecule has 0 radical (unpaired) electrons. The molecule has 162 valence electrons. The molecule has 0 spiro atoms. The molecule has 0 saturated carbocycles. The van der Waals surface area contributed by atoms with E-state index in [4.69, 9.17) is 4.74 Å². The molecule has 0 N–H and O–H groups in total.